The second-order valence-corrected chi connectivity index (χ2v) is 7.42. The Hall–Kier alpha value is -3.39. The lowest BCUT2D eigenvalue weighted by Crippen LogP contribution is -2.27. The first-order valence-corrected chi connectivity index (χ1v) is 10.1. The van der Waals surface area contributed by atoms with Crippen LogP contribution in [0.2, 0.25) is 5.02 Å². The van der Waals surface area contributed by atoms with Crippen LogP contribution in [0.25, 0.3) is 5.69 Å². The molecule has 0 aliphatic carbocycles. The molecule has 30 heavy (non-hydrogen) atoms. The van der Waals surface area contributed by atoms with Gasteiger partial charge >= 0.3 is 0 Å². The molecule has 1 fully saturated rings. The van der Waals surface area contributed by atoms with Crippen LogP contribution in [-0.4, -0.2) is 51.1 Å². The smallest absolute Gasteiger partial charge is 0.253 e. The maximum absolute atomic E-state index is 12.6. The van der Waals surface area contributed by atoms with Crippen molar-refractivity contribution in [3.8, 4) is 5.69 Å². The predicted molar refractivity (Wildman–Crippen MR) is 115 cm³/mol. The molecule has 2 amide bonds. The molecule has 1 aliphatic heterocycles. The van der Waals surface area contributed by atoms with Crippen molar-refractivity contribution < 1.29 is 9.59 Å². The zero-order valence-corrected chi connectivity index (χ0v) is 17.0. The first-order chi connectivity index (χ1) is 14.6. The molecule has 4 rings (SSSR count). The molecule has 1 aliphatic rings. The fourth-order valence-electron chi connectivity index (χ4n) is 3.38. The molecule has 2 heterocycles. The van der Waals surface area contributed by atoms with E-state index in [1.807, 2.05) is 17.0 Å². The summed E-state index contributed by atoms with van der Waals surface area (Å²) in [5.74, 6) is -0.230. The third kappa shape index (κ3) is 4.60. The van der Waals surface area contributed by atoms with E-state index in [9.17, 15) is 9.59 Å². The molecule has 0 bridgehead atoms. The van der Waals surface area contributed by atoms with Crippen molar-refractivity contribution in [2.75, 3.05) is 30.3 Å². The number of hydrogen-bond donors (Lipinski definition) is 2. The van der Waals surface area contributed by atoms with Crippen molar-refractivity contribution in [3.05, 3.63) is 65.7 Å². The Morgan fingerprint density at radius 1 is 1.10 bits per heavy atom. The van der Waals surface area contributed by atoms with Crippen LogP contribution in [-0.2, 0) is 4.79 Å². The number of rotatable bonds is 6. The highest BCUT2D eigenvalue weighted by atomic mass is 35.5. The number of nitrogens with one attached hydrogen (secondary N) is 2. The number of carbonyl (C=O) groups is 2. The SMILES string of the molecule is O=C(CNc1cccc(C(=O)N2CCCC2)c1)Nc1cc(Cl)ccc1-n1cncn1. The van der Waals surface area contributed by atoms with Gasteiger partial charge in [-0.25, -0.2) is 9.67 Å². The molecule has 8 nitrogen and oxygen atoms in total. The van der Waals surface area contributed by atoms with Gasteiger partial charge in [-0.2, -0.15) is 5.10 Å². The number of anilines is 2. The Morgan fingerprint density at radius 2 is 1.93 bits per heavy atom. The van der Waals surface area contributed by atoms with E-state index >= 15 is 0 Å². The minimum absolute atomic E-state index is 0.0250. The molecule has 3 aromatic rings. The molecule has 1 aromatic heterocycles. The van der Waals surface area contributed by atoms with Crippen molar-refractivity contribution in [1.29, 1.82) is 0 Å². The van der Waals surface area contributed by atoms with Crippen molar-refractivity contribution in [1.82, 2.24) is 19.7 Å². The largest absolute Gasteiger partial charge is 0.376 e. The average Bonchev–Trinajstić information content (AvgIpc) is 3.46. The van der Waals surface area contributed by atoms with E-state index in [-0.39, 0.29) is 18.4 Å². The summed E-state index contributed by atoms with van der Waals surface area (Å²) >= 11 is 6.09. The van der Waals surface area contributed by atoms with E-state index in [2.05, 4.69) is 20.7 Å². The molecule has 2 N–H and O–H groups in total. The lowest BCUT2D eigenvalue weighted by molar-refractivity contribution is -0.114. The Labute approximate surface area is 178 Å². The third-order valence-electron chi connectivity index (χ3n) is 4.85. The van der Waals surface area contributed by atoms with Gasteiger partial charge in [0.05, 0.1) is 17.9 Å². The number of carbonyl (C=O) groups excluding carboxylic acids is 2. The normalized spacial score (nSPS) is 13.3. The van der Waals surface area contributed by atoms with Crippen LogP contribution in [0.3, 0.4) is 0 Å². The second-order valence-electron chi connectivity index (χ2n) is 6.98. The molecule has 0 spiro atoms. The molecular formula is C21H21ClN6O2. The van der Waals surface area contributed by atoms with E-state index in [0.29, 0.717) is 27.6 Å². The topological polar surface area (TPSA) is 92.2 Å². The summed E-state index contributed by atoms with van der Waals surface area (Å²) in [4.78, 5) is 30.9. The lowest BCUT2D eigenvalue weighted by Gasteiger charge is -2.16. The summed E-state index contributed by atoms with van der Waals surface area (Å²) in [5, 5.41) is 10.5. The molecule has 0 unspecified atom stereocenters. The molecule has 2 aromatic carbocycles. The highest BCUT2D eigenvalue weighted by molar-refractivity contribution is 6.31. The van der Waals surface area contributed by atoms with Gasteiger partial charge < -0.3 is 15.5 Å². The van der Waals surface area contributed by atoms with Gasteiger partial charge in [-0.15, -0.1) is 0 Å². The van der Waals surface area contributed by atoms with Crippen LogP contribution < -0.4 is 10.6 Å². The number of aromatic nitrogens is 3. The van der Waals surface area contributed by atoms with Crippen LogP contribution >= 0.6 is 11.6 Å². The lowest BCUT2D eigenvalue weighted by atomic mass is 10.1. The first kappa shape index (κ1) is 19.9. The summed E-state index contributed by atoms with van der Waals surface area (Å²) in [5.41, 5.74) is 2.50. The van der Waals surface area contributed by atoms with Crippen molar-refractivity contribution in [2.24, 2.45) is 0 Å². The molecule has 0 radical (unpaired) electrons. The van der Waals surface area contributed by atoms with E-state index in [4.69, 9.17) is 11.6 Å². The van der Waals surface area contributed by atoms with Gasteiger partial charge in [0, 0.05) is 29.4 Å². The zero-order valence-electron chi connectivity index (χ0n) is 16.2. The summed E-state index contributed by atoms with van der Waals surface area (Å²) in [7, 11) is 0. The highest BCUT2D eigenvalue weighted by Crippen LogP contribution is 2.24. The molecule has 0 saturated carbocycles. The average molecular weight is 425 g/mol. The Kier molecular flexibility index (Phi) is 5.94. The van der Waals surface area contributed by atoms with Gasteiger partial charge in [-0.1, -0.05) is 17.7 Å². The van der Waals surface area contributed by atoms with Crippen LogP contribution in [0.15, 0.2) is 55.1 Å². The van der Waals surface area contributed by atoms with Gasteiger partial charge in [0.1, 0.15) is 12.7 Å². The number of amides is 2. The summed E-state index contributed by atoms with van der Waals surface area (Å²) in [6.07, 6.45) is 5.05. The number of nitrogens with zero attached hydrogens (tertiary/aromatic N) is 4. The fourth-order valence-corrected chi connectivity index (χ4v) is 3.55. The summed E-state index contributed by atoms with van der Waals surface area (Å²) in [6, 6.07) is 12.3. The van der Waals surface area contributed by atoms with Gasteiger partial charge in [0.2, 0.25) is 5.91 Å². The minimum atomic E-state index is -0.255. The minimum Gasteiger partial charge on any atom is -0.376 e. The second kappa shape index (κ2) is 8.96. The van der Waals surface area contributed by atoms with Gasteiger partial charge in [-0.05, 0) is 49.2 Å². The highest BCUT2D eigenvalue weighted by Gasteiger charge is 2.19. The Balaban J connectivity index is 1.41. The quantitative estimate of drug-likeness (QED) is 0.634. The molecule has 154 valence electrons. The number of benzene rings is 2. The van der Waals surface area contributed by atoms with E-state index in [1.165, 1.54) is 6.33 Å². The Bertz CT molecular complexity index is 1050. The van der Waals surface area contributed by atoms with Crippen molar-refractivity contribution in [3.63, 3.8) is 0 Å². The summed E-state index contributed by atoms with van der Waals surface area (Å²) < 4.78 is 1.55. The summed E-state index contributed by atoms with van der Waals surface area (Å²) in [6.45, 7) is 1.63. The standard InChI is InChI=1S/C21H21ClN6O2/c22-16-6-7-19(28-14-23-13-25-28)18(11-16)26-20(29)12-24-17-5-3-4-15(10-17)21(30)27-8-1-2-9-27/h3-7,10-11,13-14,24H,1-2,8-9,12H2,(H,26,29). The first-order valence-electron chi connectivity index (χ1n) is 9.68. The molecule has 9 heteroatoms. The number of likely N-dealkylation sites (tertiary alicyclic amines) is 1. The van der Waals surface area contributed by atoms with Crippen LogP contribution in [0.4, 0.5) is 11.4 Å². The van der Waals surface area contributed by atoms with E-state index in [0.717, 1.165) is 25.9 Å². The van der Waals surface area contributed by atoms with Crippen LogP contribution in [0, 0.1) is 0 Å². The number of halogens is 1. The van der Waals surface area contributed by atoms with Gasteiger partial charge in [0.25, 0.3) is 5.91 Å². The zero-order chi connectivity index (χ0) is 20.9. The van der Waals surface area contributed by atoms with Crippen molar-refractivity contribution >= 4 is 34.8 Å². The molecule has 0 atom stereocenters. The maximum atomic E-state index is 12.6. The van der Waals surface area contributed by atoms with Crippen molar-refractivity contribution in [2.45, 2.75) is 12.8 Å². The number of hydrogen-bond acceptors (Lipinski definition) is 5. The van der Waals surface area contributed by atoms with E-state index in [1.54, 1.807) is 41.3 Å². The fraction of sp³-hybridized carbons (Fsp3) is 0.238. The van der Waals surface area contributed by atoms with Crippen LogP contribution in [0.1, 0.15) is 23.2 Å². The third-order valence-corrected chi connectivity index (χ3v) is 5.09. The molecular weight excluding hydrogens is 404 g/mol. The van der Waals surface area contributed by atoms with E-state index < -0.39 is 0 Å². The Morgan fingerprint density at radius 3 is 2.70 bits per heavy atom. The maximum Gasteiger partial charge on any atom is 0.253 e. The van der Waals surface area contributed by atoms with Gasteiger partial charge in [-0.3, -0.25) is 9.59 Å². The van der Waals surface area contributed by atoms with Crippen LogP contribution in [0.5, 0.6) is 0 Å². The van der Waals surface area contributed by atoms with Gasteiger partial charge in [0.15, 0.2) is 0 Å². The molecule has 1 saturated heterocycles. The monoisotopic (exact) mass is 424 g/mol. The predicted octanol–water partition coefficient (Wildman–Crippen LogP) is 3.21.